The quantitative estimate of drug-likeness (QED) is 0.653. The van der Waals surface area contributed by atoms with Gasteiger partial charge in [0.1, 0.15) is 6.10 Å². The molecular weight excluding hydrogens is 244 g/mol. The molecule has 2 aromatic carbocycles. The summed E-state index contributed by atoms with van der Waals surface area (Å²) in [6.45, 7) is 0. The van der Waals surface area contributed by atoms with E-state index in [0.717, 1.165) is 5.56 Å². The Balaban J connectivity index is 2.32. The zero-order valence-corrected chi connectivity index (χ0v) is 10.7. The van der Waals surface area contributed by atoms with Crippen molar-refractivity contribution in [3.63, 3.8) is 0 Å². The monoisotopic (exact) mass is 258 g/mol. The van der Waals surface area contributed by atoms with E-state index < -0.39 is 6.10 Å². The Bertz CT molecular complexity index is 537. The first kappa shape index (κ1) is 12.9. The van der Waals surface area contributed by atoms with E-state index in [0.29, 0.717) is 16.9 Å². The molecule has 2 nitrogen and oxygen atoms in total. The summed E-state index contributed by atoms with van der Waals surface area (Å²) in [7, 11) is 0. The molecule has 2 rings (SSSR count). The van der Waals surface area contributed by atoms with E-state index in [1.807, 2.05) is 18.2 Å². The normalized spacial score (nSPS) is 12.1. The number of ketones is 1. The van der Waals surface area contributed by atoms with Crippen molar-refractivity contribution in [3.05, 3.63) is 71.3 Å². The maximum absolute atomic E-state index is 12.2. The van der Waals surface area contributed by atoms with Crippen molar-refractivity contribution in [2.45, 2.75) is 11.9 Å². The van der Waals surface area contributed by atoms with Crippen molar-refractivity contribution < 1.29 is 9.90 Å². The van der Waals surface area contributed by atoms with Gasteiger partial charge in [0.05, 0.1) is 0 Å². The molecule has 0 amide bonds. The molecule has 18 heavy (non-hydrogen) atoms. The lowest BCUT2D eigenvalue weighted by atomic mass is 9.97. The number of hydrogen-bond acceptors (Lipinski definition) is 3. The van der Waals surface area contributed by atoms with Gasteiger partial charge < -0.3 is 5.11 Å². The van der Waals surface area contributed by atoms with E-state index in [1.165, 1.54) is 0 Å². The van der Waals surface area contributed by atoms with Gasteiger partial charge in [-0.3, -0.25) is 4.79 Å². The lowest BCUT2D eigenvalue weighted by molar-refractivity contribution is 0.0746. The minimum absolute atomic E-state index is 0.286. The van der Waals surface area contributed by atoms with E-state index in [9.17, 15) is 9.90 Å². The lowest BCUT2D eigenvalue weighted by Gasteiger charge is -2.12. The van der Waals surface area contributed by atoms with Crippen LogP contribution in [0.5, 0.6) is 0 Å². The number of hydrogen-bond donors (Lipinski definition) is 2. The van der Waals surface area contributed by atoms with Crippen LogP contribution in [0.4, 0.5) is 0 Å². The van der Waals surface area contributed by atoms with E-state index in [1.54, 1.807) is 36.4 Å². The highest BCUT2D eigenvalue weighted by Crippen LogP contribution is 2.21. The van der Waals surface area contributed by atoms with Crippen LogP contribution >= 0.6 is 12.6 Å². The van der Waals surface area contributed by atoms with Crippen LogP contribution in [0.25, 0.3) is 0 Å². The Kier molecular flexibility index (Phi) is 4.18. The average Bonchev–Trinajstić information content (AvgIpc) is 2.46. The summed E-state index contributed by atoms with van der Waals surface area (Å²) >= 11 is 4.20. The van der Waals surface area contributed by atoms with Gasteiger partial charge in [-0.15, -0.1) is 0 Å². The molecule has 0 aliphatic rings. The Morgan fingerprint density at radius 3 is 2.33 bits per heavy atom. The van der Waals surface area contributed by atoms with Crippen LogP contribution in [0.3, 0.4) is 0 Å². The van der Waals surface area contributed by atoms with Crippen LogP contribution in [0.2, 0.25) is 0 Å². The highest BCUT2D eigenvalue weighted by molar-refractivity contribution is 7.79. The standard InChI is InChI=1S/C15H14O2S/c16-14(11-6-2-1-3-7-11)15(17)13-9-5-4-8-12(13)10-18/h1-9,14,16,18H,10H2. The molecule has 0 fully saturated rings. The maximum Gasteiger partial charge on any atom is 0.196 e. The van der Waals surface area contributed by atoms with Gasteiger partial charge in [0, 0.05) is 11.3 Å². The van der Waals surface area contributed by atoms with Gasteiger partial charge in [0.15, 0.2) is 5.78 Å². The molecule has 0 bridgehead atoms. The minimum atomic E-state index is -1.12. The first-order chi connectivity index (χ1) is 8.74. The largest absolute Gasteiger partial charge is 0.380 e. The minimum Gasteiger partial charge on any atom is -0.380 e. The highest BCUT2D eigenvalue weighted by Gasteiger charge is 2.20. The molecular formula is C15H14O2S. The SMILES string of the molecule is O=C(c1ccccc1CS)C(O)c1ccccc1. The number of rotatable bonds is 4. The van der Waals surface area contributed by atoms with Gasteiger partial charge in [-0.2, -0.15) is 12.6 Å². The molecule has 2 aromatic rings. The molecule has 1 unspecified atom stereocenters. The molecule has 0 saturated carbocycles. The predicted molar refractivity (Wildman–Crippen MR) is 74.9 cm³/mol. The number of Topliss-reactive ketones (excluding diaryl/α,β-unsaturated/α-hetero) is 1. The third-order valence-corrected chi connectivity index (χ3v) is 3.16. The van der Waals surface area contributed by atoms with Crippen molar-refractivity contribution in [2.24, 2.45) is 0 Å². The second kappa shape index (κ2) is 5.85. The summed E-state index contributed by atoms with van der Waals surface area (Å²) in [6, 6.07) is 16.2. The fraction of sp³-hybridized carbons (Fsp3) is 0.133. The molecule has 0 heterocycles. The summed E-state index contributed by atoms with van der Waals surface area (Å²) in [6.07, 6.45) is -1.12. The summed E-state index contributed by atoms with van der Waals surface area (Å²) in [5, 5.41) is 10.1. The summed E-state index contributed by atoms with van der Waals surface area (Å²) in [5.41, 5.74) is 1.97. The molecule has 1 atom stereocenters. The van der Waals surface area contributed by atoms with Crippen molar-refractivity contribution in [2.75, 3.05) is 0 Å². The van der Waals surface area contributed by atoms with Crippen LogP contribution in [-0.4, -0.2) is 10.9 Å². The Labute approximate surface area is 112 Å². The number of aliphatic hydroxyl groups is 1. The summed E-state index contributed by atoms with van der Waals surface area (Å²) < 4.78 is 0. The van der Waals surface area contributed by atoms with Gasteiger partial charge in [-0.25, -0.2) is 0 Å². The molecule has 0 aliphatic carbocycles. The molecule has 0 spiro atoms. The molecule has 0 radical (unpaired) electrons. The number of thiol groups is 1. The smallest absolute Gasteiger partial charge is 0.196 e. The van der Waals surface area contributed by atoms with Crippen molar-refractivity contribution in [1.82, 2.24) is 0 Å². The second-order valence-corrected chi connectivity index (χ2v) is 4.31. The van der Waals surface area contributed by atoms with Gasteiger partial charge in [0.25, 0.3) is 0 Å². The van der Waals surface area contributed by atoms with E-state index in [4.69, 9.17) is 0 Å². The fourth-order valence-electron chi connectivity index (χ4n) is 1.83. The number of carbonyl (C=O) groups is 1. The fourth-order valence-corrected chi connectivity index (χ4v) is 2.11. The third-order valence-electron chi connectivity index (χ3n) is 2.82. The zero-order chi connectivity index (χ0) is 13.0. The van der Waals surface area contributed by atoms with Crippen LogP contribution in [0.1, 0.15) is 27.6 Å². The Morgan fingerprint density at radius 1 is 1.06 bits per heavy atom. The molecule has 0 saturated heterocycles. The van der Waals surface area contributed by atoms with Gasteiger partial charge in [-0.05, 0) is 11.1 Å². The molecule has 3 heteroatoms. The van der Waals surface area contributed by atoms with Crippen LogP contribution in [-0.2, 0) is 5.75 Å². The van der Waals surface area contributed by atoms with E-state index in [-0.39, 0.29) is 5.78 Å². The second-order valence-electron chi connectivity index (χ2n) is 3.99. The molecule has 0 aliphatic heterocycles. The summed E-state index contributed by atoms with van der Waals surface area (Å²) in [5.74, 6) is 0.189. The maximum atomic E-state index is 12.2. The zero-order valence-electron chi connectivity index (χ0n) is 9.78. The first-order valence-corrected chi connectivity index (χ1v) is 6.33. The van der Waals surface area contributed by atoms with Crippen molar-refractivity contribution >= 4 is 18.4 Å². The predicted octanol–water partition coefficient (Wildman–Crippen LogP) is 3.03. The highest BCUT2D eigenvalue weighted by atomic mass is 32.1. The number of benzene rings is 2. The van der Waals surface area contributed by atoms with Crippen LogP contribution < -0.4 is 0 Å². The number of aliphatic hydroxyl groups excluding tert-OH is 1. The Hall–Kier alpha value is -1.58. The molecule has 0 aromatic heterocycles. The van der Waals surface area contributed by atoms with E-state index >= 15 is 0 Å². The van der Waals surface area contributed by atoms with Gasteiger partial charge >= 0.3 is 0 Å². The Morgan fingerprint density at radius 2 is 1.67 bits per heavy atom. The lowest BCUT2D eigenvalue weighted by Crippen LogP contribution is -2.13. The molecule has 92 valence electrons. The van der Waals surface area contributed by atoms with Gasteiger partial charge in [-0.1, -0.05) is 54.6 Å². The van der Waals surface area contributed by atoms with Gasteiger partial charge in [0.2, 0.25) is 0 Å². The van der Waals surface area contributed by atoms with E-state index in [2.05, 4.69) is 12.6 Å². The first-order valence-electron chi connectivity index (χ1n) is 5.70. The summed E-state index contributed by atoms with van der Waals surface area (Å²) in [4.78, 5) is 12.2. The van der Waals surface area contributed by atoms with Crippen LogP contribution in [0, 0.1) is 0 Å². The average molecular weight is 258 g/mol. The van der Waals surface area contributed by atoms with Crippen molar-refractivity contribution in [3.8, 4) is 0 Å². The van der Waals surface area contributed by atoms with Crippen molar-refractivity contribution in [1.29, 1.82) is 0 Å². The topological polar surface area (TPSA) is 37.3 Å². The molecule has 1 N–H and O–H groups in total. The third kappa shape index (κ3) is 2.63. The number of carbonyl (C=O) groups excluding carboxylic acids is 1. The van der Waals surface area contributed by atoms with Crippen LogP contribution in [0.15, 0.2) is 54.6 Å².